The molecule has 0 saturated heterocycles. The number of carbonyl (C=O) groups excluding carboxylic acids is 2. The molecule has 0 N–H and O–H groups in total. The van der Waals surface area contributed by atoms with E-state index in [1.165, 1.54) is 0 Å². The summed E-state index contributed by atoms with van der Waals surface area (Å²) in [5.74, 6) is 0.0805. The first-order valence-electron chi connectivity index (χ1n) is 7.20. The Balaban J connectivity index is 2.39. The zero-order chi connectivity index (χ0) is 14.5. The van der Waals surface area contributed by atoms with Crippen molar-refractivity contribution in [2.45, 2.75) is 59.5 Å². The van der Waals surface area contributed by atoms with Gasteiger partial charge in [0.05, 0.1) is 12.7 Å². The van der Waals surface area contributed by atoms with Crippen LogP contribution in [0.2, 0.25) is 0 Å². The van der Waals surface area contributed by atoms with E-state index in [0.29, 0.717) is 0 Å². The van der Waals surface area contributed by atoms with Gasteiger partial charge in [-0.05, 0) is 52.4 Å². The fourth-order valence-electron chi connectivity index (χ4n) is 2.20. The normalized spacial score (nSPS) is 24.0. The highest BCUT2D eigenvalue weighted by Gasteiger charge is 2.37. The maximum absolute atomic E-state index is 12.1. The van der Waals surface area contributed by atoms with E-state index >= 15 is 0 Å². The molecule has 1 aliphatic rings. The molecular weight excluding hydrogens is 244 g/mol. The van der Waals surface area contributed by atoms with Crippen LogP contribution in [-0.4, -0.2) is 31.1 Å². The van der Waals surface area contributed by atoms with E-state index in [0.717, 1.165) is 31.6 Å². The van der Waals surface area contributed by atoms with Crippen molar-refractivity contribution in [1.82, 2.24) is 0 Å². The van der Waals surface area contributed by atoms with Gasteiger partial charge in [0.1, 0.15) is 12.0 Å². The van der Waals surface area contributed by atoms with E-state index in [1.54, 1.807) is 20.8 Å². The van der Waals surface area contributed by atoms with E-state index in [-0.39, 0.29) is 25.1 Å². The zero-order valence-corrected chi connectivity index (χ0v) is 12.5. The minimum Gasteiger partial charge on any atom is -0.465 e. The summed E-state index contributed by atoms with van der Waals surface area (Å²) in [6, 6.07) is 0. The maximum Gasteiger partial charge on any atom is 0.319 e. The van der Waals surface area contributed by atoms with E-state index in [1.807, 2.05) is 0 Å². The van der Waals surface area contributed by atoms with Gasteiger partial charge in [-0.1, -0.05) is 6.92 Å². The van der Waals surface area contributed by atoms with Gasteiger partial charge in [0, 0.05) is 0 Å². The second kappa shape index (κ2) is 7.04. The first kappa shape index (κ1) is 16.2. The summed E-state index contributed by atoms with van der Waals surface area (Å²) in [6.45, 7) is 7.46. The molecule has 0 aromatic carbocycles. The Morgan fingerprint density at radius 2 is 1.74 bits per heavy atom. The number of ketones is 1. The summed E-state index contributed by atoms with van der Waals surface area (Å²) in [6.07, 6.45) is 4.49. The summed E-state index contributed by atoms with van der Waals surface area (Å²) in [4.78, 5) is 23.8. The number of hydrogen-bond acceptors (Lipinski definition) is 4. The van der Waals surface area contributed by atoms with Gasteiger partial charge in [-0.15, -0.1) is 0 Å². The van der Waals surface area contributed by atoms with Crippen LogP contribution in [0.3, 0.4) is 0 Å². The summed E-state index contributed by atoms with van der Waals surface area (Å²) >= 11 is 0. The molecule has 1 fully saturated rings. The third-order valence-corrected chi connectivity index (χ3v) is 3.90. The molecule has 0 aromatic rings. The van der Waals surface area contributed by atoms with E-state index in [9.17, 15) is 9.59 Å². The van der Waals surface area contributed by atoms with E-state index in [4.69, 9.17) is 9.47 Å². The third kappa shape index (κ3) is 4.60. The summed E-state index contributed by atoms with van der Waals surface area (Å²) < 4.78 is 10.6. The Morgan fingerprint density at radius 3 is 2.26 bits per heavy atom. The van der Waals surface area contributed by atoms with Crippen LogP contribution in [0.15, 0.2) is 0 Å². The third-order valence-electron chi connectivity index (χ3n) is 3.90. The molecule has 0 spiro atoms. The predicted molar refractivity (Wildman–Crippen MR) is 72.8 cm³/mol. The summed E-state index contributed by atoms with van der Waals surface area (Å²) in [7, 11) is 0. The standard InChI is InChI=1S/C15H26O4/c1-5-18-14(17)15(3,4)13(16)10-19-12-8-6-11(2)7-9-12/h11-12H,5-10H2,1-4H3. The number of Topliss-reactive ketones (excluding diaryl/α,β-unsaturated/α-hetero) is 1. The van der Waals surface area contributed by atoms with Gasteiger partial charge in [-0.3, -0.25) is 9.59 Å². The minimum absolute atomic E-state index is 0.00482. The van der Waals surface area contributed by atoms with Gasteiger partial charge in [-0.25, -0.2) is 0 Å². The number of ether oxygens (including phenoxy) is 2. The molecule has 4 heteroatoms. The van der Waals surface area contributed by atoms with Crippen LogP contribution < -0.4 is 0 Å². The van der Waals surface area contributed by atoms with Crippen molar-refractivity contribution < 1.29 is 19.1 Å². The van der Waals surface area contributed by atoms with Crippen molar-refractivity contribution >= 4 is 11.8 Å². The summed E-state index contributed by atoms with van der Waals surface area (Å²) in [5.41, 5.74) is -1.11. The Hall–Kier alpha value is -0.900. The lowest BCUT2D eigenvalue weighted by Gasteiger charge is -2.27. The molecule has 0 atom stereocenters. The van der Waals surface area contributed by atoms with Gasteiger partial charge >= 0.3 is 5.97 Å². The van der Waals surface area contributed by atoms with Gasteiger partial charge in [0.15, 0.2) is 5.78 Å². The second-order valence-electron chi connectivity index (χ2n) is 5.96. The first-order valence-corrected chi connectivity index (χ1v) is 7.20. The van der Waals surface area contributed by atoms with Gasteiger partial charge in [0.25, 0.3) is 0 Å². The van der Waals surface area contributed by atoms with Crippen molar-refractivity contribution in [3.63, 3.8) is 0 Å². The topological polar surface area (TPSA) is 52.6 Å². The molecule has 0 aromatic heterocycles. The lowest BCUT2D eigenvalue weighted by molar-refractivity contribution is -0.160. The molecule has 19 heavy (non-hydrogen) atoms. The molecule has 4 nitrogen and oxygen atoms in total. The molecule has 0 unspecified atom stereocenters. The van der Waals surface area contributed by atoms with Gasteiger partial charge in [0.2, 0.25) is 0 Å². The molecular formula is C15H26O4. The Kier molecular flexibility index (Phi) is 5.98. The first-order chi connectivity index (χ1) is 8.87. The molecule has 0 heterocycles. The second-order valence-corrected chi connectivity index (χ2v) is 5.96. The Labute approximate surface area is 115 Å². The molecule has 0 bridgehead atoms. The largest absolute Gasteiger partial charge is 0.465 e. The number of rotatable bonds is 6. The highest BCUT2D eigenvalue weighted by atomic mass is 16.5. The summed E-state index contributed by atoms with van der Waals surface area (Å²) in [5, 5.41) is 0. The Morgan fingerprint density at radius 1 is 1.16 bits per heavy atom. The monoisotopic (exact) mass is 270 g/mol. The molecule has 0 aliphatic heterocycles. The van der Waals surface area contributed by atoms with Crippen molar-refractivity contribution in [3.05, 3.63) is 0 Å². The van der Waals surface area contributed by atoms with Crippen LogP contribution >= 0.6 is 0 Å². The smallest absolute Gasteiger partial charge is 0.319 e. The van der Waals surface area contributed by atoms with Crippen molar-refractivity contribution in [1.29, 1.82) is 0 Å². The van der Waals surface area contributed by atoms with Crippen LogP contribution in [0, 0.1) is 11.3 Å². The molecule has 110 valence electrons. The van der Waals surface area contributed by atoms with Crippen LogP contribution in [0.5, 0.6) is 0 Å². The lowest BCUT2D eigenvalue weighted by atomic mass is 9.87. The zero-order valence-electron chi connectivity index (χ0n) is 12.5. The highest BCUT2D eigenvalue weighted by Crippen LogP contribution is 2.26. The maximum atomic E-state index is 12.1. The quantitative estimate of drug-likeness (QED) is 0.550. The SMILES string of the molecule is CCOC(=O)C(C)(C)C(=O)COC1CCC(C)CC1. The minimum atomic E-state index is -1.11. The highest BCUT2D eigenvalue weighted by molar-refractivity contribution is 6.03. The molecule has 0 amide bonds. The van der Waals surface area contributed by atoms with Crippen LogP contribution in [0.1, 0.15) is 53.4 Å². The average Bonchev–Trinajstić information content (AvgIpc) is 2.37. The fraction of sp³-hybridized carbons (Fsp3) is 0.867. The predicted octanol–water partition coefficient (Wildman–Crippen LogP) is 2.74. The molecule has 1 rings (SSSR count). The van der Waals surface area contributed by atoms with Crippen LogP contribution in [0.4, 0.5) is 0 Å². The number of esters is 1. The molecule has 1 saturated carbocycles. The van der Waals surface area contributed by atoms with Gasteiger partial charge in [-0.2, -0.15) is 0 Å². The van der Waals surface area contributed by atoms with Crippen molar-refractivity contribution in [2.24, 2.45) is 11.3 Å². The molecule has 1 aliphatic carbocycles. The van der Waals surface area contributed by atoms with E-state index in [2.05, 4.69) is 6.92 Å². The van der Waals surface area contributed by atoms with Crippen molar-refractivity contribution in [2.75, 3.05) is 13.2 Å². The van der Waals surface area contributed by atoms with Crippen molar-refractivity contribution in [3.8, 4) is 0 Å². The van der Waals surface area contributed by atoms with Crippen LogP contribution in [0.25, 0.3) is 0 Å². The molecule has 0 radical (unpaired) electrons. The lowest BCUT2D eigenvalue weighted by Crippen LogP contribution is -2.38. The average molecular weight is 270 g/mol. The van der Waals surface area contributed by atoms with Crippen LogP contribution in [-0.2, 0) is 19.1 Å². The van der Waals surface area contributed by atoms with Gasteiger partial charge < -0.3 is 9.47 Å². The number of hydrogen-bond donors (Lipinski definition) is 0. The van der Waals surface area contributed by atoms with E-state index < -0.39 is 11.4 Å². The fourth-order valence-corrected chi connectivity index (χ4v) is 2.20. The number of carbonyl (C=O) groups is 2. The Bertz CT molecular complexity index is 314.